The summed E-state index contributed by atoms with van der Waals surface area (Å²) in [6.45, 7) is -0.240. The lowest BCUT2D eigenvalue weighted by molar-refractivity contribution is -0.122. The highest BCUT2D eigenvalue weighted by Crippen LogP contribution is 2.54. The van der Waals surface area contributed by atoms with Crippen LogP contribution in [0.25, 0.3) is 10.8 Å². The van der Waals surface area contributed by atoms with Gasteiger partial charge in [0.1, 0.15) is 17.6 Å². The van der Waals surface area contributed by atoms with Gasteiger partial charge in [-0.15, -0.1) is 0 Å². The zero-order valence-electron chi connectivity index (χ0n) is 21.2. The van der Waals surface area contributed by atoms with E-state index in [0.29, 0.717) is 32.1 Å². The molecule has 0 spiro atoms. The van der Waals surface area contributed by atoms with Crippen LogP contribution in [0.2, 0.25) is 5.02 Å². The average Bonchev–Trinajstić information content (AvgIpc) is 3.66. The summed E-state index contributed by atoms with van der Waals surface area (Å²) in [5.74, 6) is -2.09. The Labute approximate surface area is 246 Å². The summed E-state index contributed by atoms with van der Waals surface area (Å²) in [6.07, 6.45) is 1.50. The van der Waals surface area contributed by atoms with Gasteiger partial charge in [0.05, 0.1) is 33.7 Å². The molecule has 0 aliphatic carbocycles. The van der Waals surface area contributed by atoms with Crippen molar-refractivity contribution >= 4 is 74.6 Å². The van der Waals surface area contributed by atoms with Gasteiger partial charge in [-0.05, 0) is 59.3 Å². The lowest BCUT2D eigenvalue weighted by atomic mass is 9.87. The van der Waals surface area contributed by atoms with E-state index in [1.165, 1.54) is 15.7 Å². The fraction of sp³-hybridized carbons (Fsp3) is 0.133. The lowest BCUT2D eigenvalue weighted by Gasteiger charge is -2.29. The predicted octanol–water partition coefficient (Wildman–Crippen LogP) is 5.74. The highest BCUT2D eigenvalue weighted by molar-refractivity contribution is 8.00. The molecule has 1 N–H and O–H groups in total. The zero-order valence-corrected chi connectivity index (χ0v) is 23.5. The van der Waals surface area contributed by atoms with Crippen molar-refractivity contribution in [2.24, 2.45) is 5.92 Å². The highest BCUT2D eigenvalue weighted by Gasteiger charge is 2.57. The van der Waals surface area contributed by atoms with Gasteiger partial charge in [-0.1, -0.05) is 65.0 Å². The number of benzene rings is 3. The summed E-state index contributed by atoms with van der Waals surface area (Å²) in [5.41, 5.74) is 1.04. The van der Waals surface area contributed by atoms with E-state index in [1.54, 1.807) is 36.4 Å². The Kier molecular flexibility index (Phi) is 6.33. The summed E-state index contributed by atoms with van der Waals surface area (Å²) in [5, 5.41) is 5.09. The van der Waals surface area contributed by atoms with Crippen molar-refractivity contribution in [2.45, 2.75) is 22.7 Å². The number of furan rings is 1. The van der Waals surface area contributed by atoms with E-state index in [2.05, 4.69) is 5.32 Å². The molecule has 7 rings (SSSR count). The molecule has 4 heterocycles. The van der Waals surface area contributed by atoms with Crippen LogP contribution in [-0.4, -0.2) is 27.5 Å². The molecule has 3 unspecified atom stereocenters. The maximum absolute atomic E-state index is 13.8. The first kappa shape index (κ1) is 25.8. The maximum atomic E-state index is 13.8. The van der Waals surface area contributed by atoms with Crippen LogP contribution in [-0.2, 0) is 20.9 Å². The number of thioether (sulfide) groups is 1. The van der Waals surface area contributed by atoms with Crippen LogP contribution >= 0.6 is 34.7 Å². The summed E-state index contributed by atoms with van der Waals surface area (Å²) < 4.78 is 7.11. The molecule has 3 atom stereocenters. The lowest BCUT2D eigenvalue weighted by Crippen LogP contribution is -2.32. The largest absolute Gasteiger partial charge is 0.469 e. The van der Waals surface area contributed by atoms with Crippen molar-refractivity contribution in [1.29, 1.82) is 0 Å². The van der Waals surface area contributed by atoms with Crippen molar-refractivity contribution in [2.75, 3.05) is 10.2 Å². The monoisotopic (exact) mass is 601 g/mol. The molecule has 2 aromatic heterocycles. The molecule has 1 fully saturated rings. The molecule has 41 heavy (non-hydrogen) atoms. The normalized spacial score (nSPS) is 19.8. The fourth-order valence-electron chi connectivity index (χ4n) is 5.49. The summed E-state index contributed by atoms with van der Waals surface area (Å²) in [4.78, 5) is 55.3. The van der Waals surface area contributed by atoms with Crippen LogP contribution in [0.15, 0.2) is 99.4 Å². The molecule has 0 saturated carbocycles. The van der Waals surface area contributed by atoms with Crippen molar-refractivity contribution < 1.29 is 18.8 Å². The van der Waals surface area contributed by atoms with Crippen LogP contribution in [0, 0.1) is 5.92 Å². The third-order valence-electron chi connectivity index (χ3n) is 7.32. The summed E-state index contributed by atoms with van der Waals surface area (Å²) >= 11 is 8.16. The van der Waals surface area contributed by atoms with Gasteiger partial charge in [0.2, 0.25) is 17.7 Å². The van der Waals surface area contributed by atoms with Crippen molar-refractivity contribution in [1.82, 2.24) is 4.57 Å². The fourth-order valence-corrected chi connectivity index (χ4v) is 8.37. The smallest absolute Gasteiger partial charge is 0.308 e. The molecule has 2 aliphatic rings. The number of halogens is 1. The number of rotatable bonds is 5. The van der Waals surface area contributed by atoms with Crippen LogP contribution in [0.3, 0.4) is 0 Å². The maximum Gasteiger partial charge on any atom is 0.308 e. The molecular weight excluding hydrogens is 582 g/mol. The van der Waals surface area contributed by atoms with E-state index in [0.717, 1.165) is 33.9 Å². The molecule has 5 aromatic rings. The molecule has 3 amide bonds. The van der Waals surface area contributed by atoms with Gasteiger partial charge < -0.3 is 9.73 Å². The van der Waals surface area contributed by atoms with E-state index in [4.69, 9.17) is 16.0 Å². The summed E-state index contributed by atoms with van der Waals surface area (Å²) in [7, 11) is 0. The molecule has 204 valence electrons. The number of carbonyl (C=O) groups is 3. The van der Waals surface area contributed by atoms with Crippen molar-refractivity contribution in [3.05, 3.63) is 110 Å². The highest BCUT2D eigenvalue weighted by atomic mass is 35.5. The number of aromatic nitrogens is 1. The van der Waals surface area contributed by atoms with Gasteiger partial charge in [0, 0.05) is 10.7 Å². The molecule has 0 bridgehead atoms. The average molecular weight is 602 g/mol. The number of nitrogens with zero attached hydrogens (tertiary/aromatic N) is 2. The molecule has 0 radical (unpaired) electrons. The number of anilines is 2. The Morgan fingerprint density at radius 2 is 1.71 bits per heavy atom. The Balaban J connectivity index is 1.23. The topological polar surface area (TPSA) is 102 Å². The second kappa shape index (κ2) is 10.1. The number of thiazole rings is 1. The van der Waals surface area contributed by atoms with Crippen LogP contribution in [0.5, 0.6) is 0 Å². The zero-order chi connectivity index (χ0) is 28.2. The van der Waals surface area contributed by atoms with Crippen molar-refractivity contribution in [3.63, 3.8) is 0 Å². The number of amides is 3. The van der Waals surface area contributed by atoms with Gasteiger partial charge in [0.25, 0.3) is 0 Å². The molecule has 8 nitrogen and oxygen atoms in total. The molecule has 1 saturated heterocycles. The minimum absolute atomic E-state index is 0.240. The van der Waals surface area contributed by atoms with E-state index in [9.17, 15) is 19.2 Å². The Bertz CT molecular complexity index is 1900. The van der Waals surface area contributed by atoms with E-state index in [1.807, 2.05) is 42.5 Å². The van der Waals surface area contributed by atoms with Crippen molar-refractivity contribution in [3.8, 4) is 0 Å². The van der Waals surface area contributed by atoms with E-state index in [-0.39, 0.29) is 29.1 Å². The Hall–Kier alpha value is -4.12. The quantitative estimate of drug-likeness (QED) is 0.258. The first-order chi connectivity index (χ1) is 19.9. The molecule has 3 aromatic carbocycles. The second-order valence-electron chi connectivity index (χ2n) is 9.78. The molecule has 11 heteroatoms. The number of nitrogens with one attached hydrogen (secondary N) is 1. The number of hydrogen-bond acceptors (Lipinski definition) is 7. The van der Waals surface area contributed by atoms with Gasteiger partial charge >= 0.3 is 4.87 Å². The third-order valence-corrected chi connectivity index (χ3v) is 10.2. The van der Waals surface area contributed by atoms with Gasteiger partial charge in [-0.25, -0.2) is 4.90 Å². The van der Waals surface area contributed by atoms with Gasteiger partial charge in [-0.2, -0.15) is 0 Å². The van der Waals surface area contributed by atoms with Crippen LogP contribution in [0.4, 0.5) is 11.4 Å². The first-order valence-corrected chi connectivity index (χ1v) is 14.8. The minimum atomic E-state index is -0.801. The Morgan fingerprint density at radius 3 is 2.46 bits per heavy atom. The standard InChI is InChI=1S/C30H20ClN3O5S2/c31-18-8-11-20(12-9-18)34-27(36)24-23(21-6-3-13-39-21)26-29(40-25(24)28(34)37)33(30(38)41-26)15-22(35)32-19-10-7-16-4-1-2-5-17(16)14-19/h1-14,23-25H,15H2,(H,32,35). The minimum Gasteiger partial charge on any atom is -0.469 e. The first-order valence-electron chi connectivity index (χ1n) is 12.7. The van der Waals surface area contributed by atoms with Crippen LogP contribution < -0.4 is 15.1 Å². The number of carbonyl (C=O) groups excluding carboxylic acids is 3. The summed E-state index contributed by atoms with van der Waals surface area (Å²) in [6, 6.07) is 23.4. The second-order valence-corrected chi connectivity index (χ2v) is 12.3. The molecule has 2 aliphatic heterocycles. The SMILES string of the molecule is O=C(Cn1c2c(sc1=O)C(c1ccco1)C1C(=O)N(c3ccc(Cl)cc3)C(=O)C1S2)Nc1ccc2ccccc2c1. The van der Waals surface area contributed by atoms with Gasteiger partial charge in [0.15, 0.2) is 0 Å². The van der Waals surface area contributed by atoms with Crippen LogP contribution in [0.1, 0.15) is 16.6 Å². The number of imide groups is 1. The van der Waals surface area contributed by atoms with E-state index < -0.39 is 17.1 Å². The Morgan fingerprint density at radius 1 is 0.927 bits per heavy atom. The molecular formula is C30H20ClN3O5S2. The number of fused-ring (bicyclic) bond motifs is 3. The van der Waals surface area contributed by atoms with E-state index >= 15 is 0 Å². The third kappa shape index (κ3) is 4.39. The number of hydrogen-bond donors (Lipinski definition) is 1. The predicted molar refractivity (Wildman–Crippen MR) is 159 cm³/mol. The van der Waals surface area contributed by atoms with Gasteiger partial charge in [-0.3, -0.25) is 23.7 Å².